The van der Waals surface area contributed by atoms with Crippen LogP contribution in [0.5, 0.6) is 0 Å². The summed E-state index contributed by atoms with van der Waals surface area (Å²) in [5.74, 6) is 1.26. The van der Waals surface area contributed by atoms with Gasteiger partial charge >= 0.3 is 0 Å². The third kappa shape index (κ3) is 4.91. The molecule has 4 nitrogen and oxygen atoms in total. The maximum absolute atomic E-state index is 14.4. The van der Waals surface area contributed by atoms with Crippen molar-refractivity contribution in [2.24, 2.45) is 5.92 Å². The molecule has 3 heterocycles. The van der Waals surface area contributed by atoms with Gasteiger partial charge in [-0.3, -0.25) is 4.98 Å². The lowest BCUT2D eigenvalue weighted by atomic mass is 9.86. The molecule has 1 saturated carbocycles. The van der Waals surface area contributed by atoms with Crippen LogP contribution in [0.1, 0.15) is 63.5 Å². The molecular formula is C29H33FIN3O. The number of halogens is 2. The van der Waals surface area contributed by atoms with Gasteiger partial charge in [-0.25, -0.2) is 4.39 Å². The van der Waals surface area contributed by atoms with Crippen LogP contribution in [0.3, 0.4) is 0 Å². The van der Waals surface area contributed by atoms with Crippen molar-refractivity contribution in [3.05, 3.63) is 59.7 Å². The standard InChI is InChI=1S/C29H33FIN3O/c1-18-26(19(2)35-33-18)22-14-25-27(32-15-22)24(21-6-8-23(9-7-21)28(3,4)5)17-34(25)16-20-10-12-29(30,31)13-11-20/h6-9,14-15,17,20H,10-13,16H2,1-5H3. The quantitative estimate of drug-likeness (QED) is 0.178. The molecule has 184 valence electrons. The van der Waals surface area contributed by atoms with Crippen LogP contribution in [0.2, 0.25) is 0 Å². The maximum atomic E-state index is 14.4. The monoisotopic (exact) mass is 585 g/mol. The summed E-state index contributed by atoms with van der Waals surface area (Å²) in [6.45, 7) is 11.5. The van der Waals surface area contributed by atoms with Crippen molar-refractivity contribution in [2.75, 3.05) is 0 Å². The van der Waals surface area contributed by atoms with E-state index in [2.05, 4.69) is 67.0 Å². The normalized spacial score (nSPS) is 21.1. The Morgan fingerprint density at radius 2 is 1.80 bits per heavy atom. The molecule has 0 bridgehead atoms. The molecule has 0 saturated heterocycles. The molecule has 35 heavy (non-hydrogen) atoms. The van der Waals surface area contributed by atoms with E-state index in [9.17, 15) is 4.39 Å². The van der Waals surface area contributed by atoms with E-state index in [1.54, 1.807) is 0 Å². The molecule has 0 amide bonds. The number of benzene rings is 1. The first-order valence-electron chi connectivity index (χ1n) is 12.4. The number of hydrogen-bond acceptors (Lipinski definition) is 3. The Morgan fingerprint density at radius 3 is 2.40 bits per heavy atom. The summed E-state index contributed by atoms with van der Waals surface area (Å²) in [6, 6.07) is 11.1. The molecular weight excluding hydrogens is 552 g/mol. The Labute approximate surface area is 220 Å². The summed E-state index contributed by atoms with van der Waals surface area (Å²) in [5, 5.41) is 4.14. The molecule has 1 aromatic carbocycles. The van der Waals surface area contributed by atoms with E-state index < -0.39 is 3.68 Å². The Hall–Kier alpha value is -2.22. The summed E-state index contributed by atoms with van der Waals surface area (Å²) in [7, 11) is 0. The fraction of sp³-hybridized carbons (Fsp3) is 0.448. The predicted molar refractivity (Wildman–Crippen MR) is 149 cm³/mol. The zero-order valence-electron chi connectivity index (χ0n) is 21.2. The van der Waals surface area contributed by atoms with Crippen LogP contribution in [0, 0.1) is 19.8 Å². The highest BCUT2D eigenvalue weighted by Crippen LogP contribution is 2.41. The van der Waals surface area contributed by atoms with E-state index in [-0.39, 0.29) is 5.41 Å². The first-order valence-corrected chi connectivity index (χ1v) is 13.5. The van der Waals surface area contributed by atoms with Crippen molar-refractivity contribution in [2.45, 2.75) is 75.9 Å². The summed E-state index contributed by atoms with van der Waals surface area (Å²) in [4.78, 5) is 4.95. The summed E-state index contributed by atoms with van der Waals surface area (Å²) >= 11 is 1.98. The number of aryl methyl sites for hydroxylation is 2. The van der Waals surface area contributed by atoms with E-state index in [0.29, 0.717) is 18.8 Å². The van der Waals surface area contributed by atoms with E-state index in [1.807, 2.05) is 42.6 Å². The molecule has 0 aliphatic heterocycles. The Morgan fingerprint density at radius 1 is 1.11 bits per heavy atom. The number of aromatic nitrogens is 3. The van der Waals surface area contributed by atoms with Crippen LogP contribution in [0.25, 0.3) is 33.3 Å². The largest absolute Gasteiger partial charge is 0.361 e. The van der Waals surface area contributed by atoms with Gasteiger partial charge in [0.25, 0.3) is 0 Å². The minimum Gasteiger partial charge on any atom is -0.361 e. The van der Waals surface area contributed by atoms with Gasteiger partial charge in [0.2, 0.25) is 0 Å². The highest BCUT2D eigenvalue weighted by atomic mass is 127. The van der Waals surface area contributed by atoms with Gasteiger partial charge in [0.1, 0.15) is 5.76 Å². The minimum absolute atomic E-state index is 0.110. The highest BCUT2D eigenvalue weighted by Gasteiger charge is 2.32. The van der Waals surface area contributed by atoms with Crippen molar-refractivity contribution in [3.63, 3.8) is 0 Å². The zero-order valence-corrected chi connectivity index (χ0v) is 23.3. The van der Waals surface area contributed by atoms with E-state index in [1.165, 1.54) is 5.56 Å². The maximum Gasteiger partial charge on any atom is 0.161 e. The molecule has 0 spiro atoms. The van der Waals surface area contributed by atoms with Crippen LogP contribution in [-0.2, 0) is 12.0 Å². The number of pyridine rings is 1. The molecule has 4 aromatic rings. The van der Waals surface area contributed by atoms with Gasteiger partial charge in [0.05, 0.1) is 16.7 Å². The van der Waals surface area contributed by atoms with Gasteiger partial charge in [0, 0.05) is 35.6 Å². The lowest BCUT2D eigenvalue weighted by molar-refractivity contribution is 0.182. The number of rotatable bonds is 4. The van der Waals surface area contributed by atoms with Crippen LogP contribution in [0.15, 0.2) is 47.2 Å². The van der Waals surface area contributed by atoms with Crippen molar-refractivity contribution in [1.29, 1.82) is 0 Å². The SMILES string of the molecule is Cc1noc(C)c1-c1cnc2c(-c3ccc(C(C)(C)C)cc3)cn(CC3CCC(F)(I)CC3)c2c1. The topological polar surface area (TPSA) is 43.9 Å². The third-order valence-electron chi connectivity index (χ3n) is 7.39. The lowest BCUT2D eigenvalue weighted by Crippen LogP contribution is -2.25. The third-order valence-corrected chi connectivity index (χ3v) is 8.47. The average molecular weight is 586 g/mol. The van der Waals surface area contributed by atoms with Gasteiger partial charge in [-0.2, -0.15) is 0 Å². The van der Waals surface area contributed by atoms with Crippen molar-refractivity contribution in [1.82, 2.24) is 14.7 Å². The molecule has 5 rings (SSSR count). The minimum atomic E-state index is -1.05. The van der Waals surface area contributed by atoms with Gasteiger partial charge in [-0.05, 0) is 90.6 Å². The molecule has 6 heteroatoms. The Balaban J connectivity index is 1.58. The molecule has 1 aliphatic rings. The van der Waals surface area contributed by atoms with Crippen LogP contribution < -0.4 is 0 Å². The van der Waals surface area contributed by atoms with Crippen molar-refractivity contribution >= 4 is 33.6 Å². The van der Waals surface area contributed by atoms with Crippen LogP contribution in [0.4, 0.5) is 4.39 Å². The smallest absolute Gasteiger partial charge is 0.161 e. The summed E-state index contributed by atoms with van der Waals surface area (Å²) in [5.41, 5.74) is 8.71. The Kier molecular flexibility index (Phi) is 6.31. The van der Waals surface area contributed by atoms with E-state index in [0.717, 1.165) is 64.1 Å². The highest BCUT2D eigenvalue weighted by molar-refractivity contribution is 14.1. The van der Waals surface area contributed by atoms with Gasteiger partial charge in [-0.1, -0.05) is 50.2 Å². The molecule has 1 aliphatic carbocycles. The zero-order chi connectivity index (χ0) is 25.0. The van der Waals surface area contributed by atoms with Crippen LogP contribution in [-0.4, -0.2) is 18.4 Å². The van der Waals surface area contributed by atoms with Gasteiger partial charge < -0.3 is 9.09 Å². The molecule has 1 fully saturated rings. The first kappa shape index (κ1) is 24.5. The number of hydrogen-bond donors (Lipinski definition) is 0. The number of alkyl halides is 2. The van der Waals surface area contributed by atoms with Crippen molar-refractivity contribution in [3.8, 4) is 22.3 Å². The van der Waals surface area contributed by atoms with Crippen LogP contribution >= 0.6 is 22.6 Å². The Bertz CT molecular complexity index is 1330. The van der Waals surface area contributed by atoms with Gasteiger partial charge in [-0.15, -0.1) is 0 Å². The lowest BCUT2D eigenvalue weighted by Gasteiger charge is -2.30. The second kappa shape index (κ2) is 9.02. The summed E-state index contributed by atoms with van der Waals surface area (Å²) < 4.78 is 21.1. The molecule has 0 unspecified atom stereocenters. The second-order valence-electron chi connectivity index (χ2n) is 11.1. The molecule has 0 N–H and O–H groups in total. The van der Waals surface area contributed by atoms with Gasteiger partial charge in [0.15, 0.2) is 3.68 Å². The molecule has 3 aromatic heterocycles. The molecule has 0 radical (unpaired) electrons. The predicted octanol–water partition coefficient (Wildman–Crippen LogP) is 8.56. The fourth-order valence-electron chi connectivity index (χ4n) is 5.27. The van der Waals surface area contributed by atoms with E-state index in [4.69, 9.17) is 9.51 Å². The molecule has 0 atom stereocenters. The number of nitrogens with zero attached hydrogens (tertiary/aromatic N) is 3. The second-order valence-corrected chi connectivity index (χ2v) is 13.0. The average Bonchev–Trinajstić information content (AvgIpc) is 3.33. The van der Waals surface area contributed by atoms with Crippen molar-refractivity contribution < 1.29 is 8.91 Å². The number of fused-ring (bicyclic) bond motifs is 1. The first-order chi connectivity index (χ1) is 16.5. The fourth-order valence-corrected chi connectivity index (χ4v) is 5.89. The van der Waals surface area contributed by atoms with E-state index >= 15 is 0 Å². The summed E-state index contributed by atoms with van der Waals surface area (Å²) in [6.07, 6.45) is 7.24.